The average molecular weight is 272 g/mol. The lowest BCUT2D eigenvalue weighted by atomic mass is 10.2. The molecule has 0 N–H and O–H groups in total. The summed E-state index contributed by atoms with van der Waals surface area (Å²) >= 11 is 11.6. The predicted molar refractivity (Wildman–Crippen MR) is 64.4 cm³/mol. The highest BCUT2D eigenvalue weighted by atomic mass is 35.5. The molecule has 4 nitrogen and oxygen atoms in total. The summed E-state index contributed by atoms with van der Waals surface area (Å²) in [4.78, 5) is 24.2. The molecule has 1 saturated heterocycles. The molecular formula is C11H7Cl2NO3. The molecule has 0 bridgehead atoms. The minimum absolute atomic E-state index is 0.279. The molecule has 1 aromatic carbocycles. The smallest absolute Gasteiger partial charge is 0.422 e. The van der Waals surface area contributed by atoms with Crippen LogP contribution in [-0.4, -0.2) is 18.1 Å². The third-order valence-corrected chi connectivity index (χ3v) is 2.63. The number of hydrogen-bond donors (Lipinski definition) is 0. The molecule has 0 aromatic heterocycles. The highest BCUT2D eigenvalue weighted by Crippen LogP contribution is 2.29. The van der Waals surface area contributed by atoms with Crippen LogP contribution in [-0.2, 0) is 9.53 Å². The lowest BCUT2D eigenvalue weighted by Gasteiger charge is -2.11. The first kappa shape index (κ1) is 12.0. The summed E-state index contributed by atoms with van der Waals surface area (Å²) in [5, 5.41) is 0.658. The first-order chi connectivity index (χ1) is 8.02. The van der Waals surface area contributed by atoms with Gasteiger partial charge in [-0.3, -0.25) is 4.79 Å². The lowest BCUT2D eigenvalue weighted by molar-refractivity contribution is -0.120. The molecule has 0 saturated carbocycles. The molecule has 2 amide bonds. The summed E-state index contributed by atoms with van der Waals surface area (Å²) in [6.45, 7) is 3.41. The molecule has 88 valence electrons. The number of nitrogens with zero attached hydrogens (tertiary/aromatic N) is 1. The van der Waals surface area contributed by atoms with Gasteiger partial charge in [0.05, 0.1) is 5.69 Å². The van der Waals surface area contributed by atoms with Gasteiger partial charge in [-0.05, 0) is 24.3 Å². The van der Waals surface area contributed by atoms with E-state index in [4.69, 9.17) is 27.9 Å². The van der Waals surface area contributed by atoms with E-state index < -0.39 is 18.1 Å². The zero-order valence-electron chi connectivity index (χ0n) is 8.52. The van der Waals surface area contributed by atoms with Crippen molar-refractivity contribution >= 4 is 40.9 Å². The Morgan fingerprint density at radius 1 is 1.24 bits per heavy atom. The minimum Gasteiger partial charge on any atom is -0.431 e. The maximum atomic E-state index is 11.8. The van der Waals surface area contributed by atoms with Crippen molar-refractivity contribution < 1.29 is 14.3 Å². The van der Waals surface area contributed by atoms with Crippen LogP contribution >= 0.6 is 23.2 Å². The van der Waals surface area contributed by atoms with Crippen LogP contribution in [0.5, 0.6) is 0 Å². The number of carbonyl (C=O) groups is 2. The topological polar surface area (TPSA) is 46.6 Å². The number of imide groups is 1. The Morgan fingerprint density at radius 2 is 1.82 bits per heavy atom. The third kappa shape index (κ3) is 2.14. The number of carbonyl (C=O) groups excluding carboxylic acids is 2. The van der Waals surface area contributed by atoms with Crippen LogP contribution in [0.15, 0.2) is 30.9 Å². The number of rotatable bonds is 2. The van der Waals surface area contributed by atoms with Gasteiger partial charge in [-0.25, -0.2) is 9.69 Å². The fourth-order valence-corrected chi connectivity index (χ4v) is 1.99. The highest BCUT2D eigenvalue weighted by Gasteiger charge is 2.40. The fraction of sp³-hybridized carbons (Fsp3) is 0.0909. The predicted octanol–water partition coefficient (Wildman–Crippen LogP) is 3.03. The van der Waals surface area contributed by atoms with Crippen molar-refractivity contribution in [1.82, 2.24) is 0 Å². The van der Waals surface area contributed by atoms with E-state index in [0.717, 1.165) is 4.90 Å². The molecule has 1 aliphatic heterocycles. The van der Waals surface area contributed by atoms with Gasteiger partial charge >= 0.3 is 6.09 Å². The first-order valence-electron chi connectivity index (χ1n) is 4.66. The van der Waals surface area contributed by atoms with E-state index in [1.807, 2.05) is 0 Å². The van der Waals surface area contributed by atoms with Gasteiger partial charge < -0.3 is 4.74 Å². The van der Waals surface area contributed by atoms with Gasteiger partial charge in [-0.1, -0.05) is 29.8 Å². The number of cyclic esters (lactones) is 1. The van der Waals surface area contributed by atoms with Gasteiger partial charge in [-0.15, -0.1) is 0 Å². The molecule has 2 rings (SSSR count). The zero-order chi connectivity index (χ0) is 12.6. The molecule has 1 aromatic rings. The van der Waals surface area contributed by atoms with Crippen LogP contribution in [0.2, 0.25) is 10.0 Å². The van der Waals surface area contributed by atoms with Crippen LogP contribution in [0, 0.1) is 0 Å². The maximum absolute atomic E-state index is 11.8. The summed E-state index contributed by atoms with van der Waals surface area (Å²) < 4.78 is 4.80. The second kappa shape index (κ2) is 4.39. The van der Waals surface area contributed by atoms with Crippen molar-refractivity contribution in [2.75, 3.05) is 4.90 Å². The van der Waals surface area contributed by atoms with Gasteiger partial charge in [0.15, 0.2) is 0 Å². The Kier molecular flexibility index (Phi) is 3.09. The number of benzene rings is 1. The van der Waals surface area contributed by atoms with Crippen molar-refractivity contribution in [3.63, 3.8) is 0 Å². The minimum atomic E-state index is -0.958. The van der Waals surface area contributed by atoms with Crippen LogP contribution in [0.3, 0.4) is 0 Å². The normalized spacial score (nSPS) is 19.4. The summed E-state index contributed by atoms with van der Waals surface area (Å²) in [6, 6.07) is 4.42. The van der Waals surface area contributed by atoms with E-state index in [-0.39, 0.29) is 5.69 Å². The zero-order valence-corrected chi connectivity index (χ0v) is 10.0. The maximum Gasteiger partial charge on any atom is 0.422 e. The Morgan fingerprint density at radius 3 is 2.29 bits per heavy atom. The van der Waals surface area contributed by atoms with Crippen molar-refractivity contribution in [2.24, 2.45) is 0 Å². The van der Waals surface area contributed by atoms with E-state index >= 15 is 0 Å². The molecule has 1 fully saturated rings. The van der Waals surface area contributed by atoms with Crippen LogP contribution < -0.4 is 4.90 Å². The van der Waals surface area contributed by atoms with E-state index in [1.54, 1.807) is 0 Å². The molecule has 6 heteroatoms. The SMILES string of the molecule is C=CC1OC(=O)N(c2cc(Cl)cc(Cl)c2)C1=O. The third-order valence-electron chi connectivity index (χ3n) is 2.19. The van der Waals surface area contributed by atoms with Crippen molar-refractivity contribution in [3.8, 4) is 0 Å². The lowest BCUT2D eigenvalue weighted by Crippen LogP contribution is -2.30. The average Bonchev–Trinajstić information content (AvgIpc) is 2.52. The quantitative estimate of drug-likeness (QED) is 0.777. The Bertz CT molecular complexity index is 495. The molecule has 1 atom stereocenters. The van der Waals surface area contributed by atoms with E-state index in [0.29, 0.717) is 10.0 Å². The van der Waals surface area contributed by atoms with E-state index in [9.17, 15) is 9.59 Å². The van der Waals surface area contributed by atoms with Crippen LogP contribution in [0.4, 0.5) is 10.5 Å². The molecule has 0 radical (unpaired) electrons. The monoisotopic (exact) mass is 271 g/mol. The van der Waals surface area contributed by atoms with Gasteiger partial charge in [0.1, 0.15) is 0 Å². The van der Waals surface area contributed by atoms with Gasteiger partial charge in [0.25, 0.3) is 5.91 Å². The summed E-state index contributed by atoms with van der Waals surface area (Å²) in [6.07, 6.45) is -0.467. The molecule has 0 spiro atoms. The number of hydrogen-bond acceptors (Lipinski definition) is 3. The molecular weight excluding hydrogens is 265 g/mol. The number of halogens is 2. The van der Waals surface area contributed by atoms with Crippen molar-refractivity contribution in [3.05, 3.63) is 40.9 Å². The Balaban J connectivity index is 2.43. The molecule has 1 aliphatic rings. The summed E-state index contributed by atoms with van der Waals surface area (Å²) in [5.74, 6) is -0.511. The van der Waals surface area contributed by atoms with E-state index in [1.165, 1.54) is 24.3 Å². The molecule has 1 heterocycles. The molecule has 1 unspecified atom stereocenters. The Labute approximate surface area is 107 Å². The highest BCUT2D eigenvalue weighted by molar-refractivity contribution is 6.35. The summed E-state index contributed by atoms with van der Waals surface area (Å²) in [7, 11) is 0. The number of ether oxygens (including phenoxy) is 1. The Hall–Kier alpha value is -1.52. The van der Waals surface area contributed by atoms with Gasteiger partial charge in [0, 0.05) is 10.0 Å². The van der Waals surface area contributed by atoms with Crippen molar-refractivity contribution in [2.45, 2.75) is 6.10 Å². The van der Waals surface area contributed by atoms with Crippen molar-refractivity contribution in [1.29, 1.82) is 0 Å². The first-order valence-corrected chi connectivity index (χ1v) is 5.42. The summed E-state index contributed by atoms with van der Waals surface area (Å²) in [5.41, 5.74) is 0.279. The largest absolute Gasteiger partial charge is 0.431 e. The molecule has 0 aliphatic carbocycles. The van der Waals surface area contributed by atoms with Gasteiger partial charge in [0.2, 0.25) is 6.10 Å². The second-order valence-electron chi connectivity index (χ2n) is 3.34. The van der Waals surface area contributed by atoms with Gasteiger partial charge in [-0.2, -0.15) is 0 Å². The standard InChI is InChI=1S/C11H7Cl2NO3/c1-2-9-10(15)14(11(16)17-9)8-4-6(12)3-7(13)5-8/h2-5,9H,1H2. The van der Waals surface area contributed by atoms with E-state index in [2.05, 4.69) is 6.58 Å². The van der Waals surface area contributed by atoms with Crippen LogP contribution in [0.1, 0.15) is 0 Å². The fourth-order valence-electron chi connectivity index (χ4n) is 1.48. The molecule has 17 heavy (non-hydrogen) atoms. The van der Waals surface area contributed by atoms with Crippen LogP contribution in [0.25, 0.3) is 0 Å². The second-order valence-corrected chi connectivity index (χ2v) is 4.21. The number of amides is 2. The number of anilines is 1.